The molecule has 0 saturated carbocycles. The van der Waals surface area contributed by atoms with Crippen LogP contribution in [0.4, 0.5) is 0 Å². The molecule has 0 amide bonds. The van der Waals surface area contributed by atoms with Crippen molar-refractivity contribution in [2.45, 2.75) is 46.4 Å². The third-order valence-electron chi connectivity index (χ3n) is 7.05. The SMILES string of the molecule is Cc1cc(C)c2cc(CN(Cc3ccc4c(c3)OCO4)Cc3nnnn3CCc3ccccc3)c(=O)[nH]c2c1. The predicted molar refractivity (Wildman–Crippen MR) is 148 cm³/mol. The molecular formula is C30H30N6O3. The van der Waals surface area contributed by atoms with Crippen molar-refractivity contribution in [3.63, 3.8) is 0 Å². The Morgan fingerprint density at radius 1 is 0.923 bits per heavy atom. The molecule has 0 bridgehead atoms. The van der Waals surface area contributed by atoms with Crippen molar-refractivity contribution < 1.29 is 9.47 Å². The van der Waals surface area contributed by atoms with Crippen LogP contribution >= 0.6 is 0 Å². The van der Waals surface area contributed by atoms with E-state index in [1.807, 2.05) is 60.1 Å². The van der Waals surface area contributed by atoms with Gasteiger partial charge in [-0.2, -0.15) is 0 Å². The Morgan fingerprint density at radius 2 is 1.77 bits per heavy atom. The molecule has 0 aliphatic carbocycles. The first-order valence-corrected chi connectivity index (χ1v) is 13.0. The van der Waals surface area contributed by atoms with E-state index in [0.29, 0.717) is 31.7 Å². The summed E-state index contributed by atoms with van der Waals surface area (Å²) in [6.45, 7) is 6.48. The van der Waals surface area contributed by atoms with Gasteiger partial charge >= 0.3 is 0 Å². The molecule has 9 nitrogen and oxygen atoms in total. The number of hydrogen-bond donors (Lipinski definition) is 1. The maximum Gasteiger partial charge on any atom is 0.252 e. The number of rotatable bonds is 9. The lowest BCUT2D eigenvalue weighted by atomic mass is 10.0. The summed E-state index contributed by atoms with van der Waals surface area (Å²) in [4.78, 5) is 18.4. The second-order valence-corrected chi connectivity index (χ2v) is 10.1. The van der Waals surface area contributed by atoms with Gasteiger partial charge in [0, 0.05) is 36.1 Å². The van der Waals surface area contributed by atoms with E-state index in [0.717, 1.165) is 51.3 Å². The maximum atomic E-state index is 13.2. The van der Waals surface area contributed by atoms with Crippen molar-refractivity contribution >= 4 is 10.9 Å². The molecule has 9 heteroatoms. The first-order valence-electron chi connectivity index (χ1n) is 13.0. The molecule has 3 aromatic carbocycles. The highest BCUT2D eigenvalue weighted by atomic mass is 16.7. The van der Waals surface area contributed by atoms with E-state index in [2.05, 4.69) is 50.5 Å². The van der Waals surface area contributed by atoms with Crippen LogP contribution in [-0.2, 0) is 32.6 Å². The highest BCUT2D eigenvalue weighted by molar-refractivity contribution is 5.83. The number of benzene rings is 3. The van der Waals surface area contributed by atoms with Crippen molar-refractivity contribution in [2.24, 2.45) is 0 Å². The molecule has 198 valence electrons. The van der Waals surface area contributed by atoms with Crippen molar-refractivity contribution in [1.29, 1.82) is 0 Å². The molecule has 39 heavy (non-hydrogen) atoms. The number of nitrogens with one attached hydrogen (secondary N) is 1. The van der Waals surface area contributed by atoms with E-state index in [9.17, 15) is 4.79 Å². The number of hydrogen-bond acceptors (Lipinski definition) is 7. The van der Waals surface area contributed by atoms with Crippen LogP contribution in [0.1, 0.15) is 33.6 Å². The molecule has 6 rings (SSSR count). The zero-order valence-electron chi connectivity index (χ0n) is 22.1. The molecule has 0 saturated heterocycles. The molecular weight excluding hydrogens is 492 g/mol. The van der Waals surface area contributed by atoms with E-state index >= 15 is 0 Å². The standard InChI is InChI=1S/C30H30N6O3/c1-20-12-21(2)25-15-24(30(37)31-26(25)13-20)17-35(16-23-8-9-27-28(14-23)39-19-38-27)18-29-32-33-34-36(29)11-10-22-6-4-3-5-7-22/h3-9,12-15H,10-11,16-19H2,1-2H3,(H,31,37). The molecule has 2 aromatic heterocycles. The molecule has 0 radical (unpaired) electrons. The molecule has 5 aromatic rings. The fourth-order valence-electron chi connectivity index (χ4n) is 5.13. The molecule has 3 heterocycles. The lowest BCUT2D eigenvalue weighted by molar-refractivity contribution is 0.174. The molecule has 0 fully saturated rings. The summed E-state index contributed by atoms with van der Waals surface area (Å²) in [7, 11) is 0. The summed E-state index contributed by atoms with van der Waals surface area (Å²) in [6.07, 6.45) is 0.823. The Labute approximate surface area is 226 Å². The van der Waals surface area contributed by atoms with Crippen molar-refractivity contribution in [3.05, 3.63) is 111 Å². The lowest BCUT2D eigenvalue weighted by Gasteiger charge is -2.22. The van der Waals surface area contributed by atoms with Crippen LogP contribution in [0.3, 0.4) is 0 Å². The number of ether oxygens (including phenoxy) is 2. The normalized spacial score (nSPS) is 12.5. The van der Waals surface area contributed by atoms with Crippen LogP contribution in [0.2, 0.25) is 0 Å². The number of H-pyrrole nitrogens is 1. The minimum atomic E-state index is -0.0909. The number of nitrogens with zero attached hydrogens (tertiary/aromatic N) is 5. The van der Waals surface area contributed by atoms with Gasteiger partial charge in [0.25, 0.3) is 5.56 Å². The van der Waals surface area contributed by atoms with Gasteiger partial charge in [-0.15, -0.1) is 5.10 Å². The van der Waals surface area contributed by atoms with Gasteiger partial charge in [0.05, 0.1) is 6.54 Å². The van der Waals surface area contributed by atoms with E-state index in [1.165, 1.54) is 5.56 Å². The van der Waals surface area contributed by atoms with Gasteiger partial charge in [-0.1, -0.05) is 42.5 Å². The van der Waals surface area contributed by atoms with Gasteiger partial charge < -0.3 is 14.5 Å². The van der Waals surface area contributed by atoms with Gasteiger partial charge in [-0.3, -0.25) is 9.69 Å². The van der Waals surface area contributed by atoms with E-state index in [-0.39, 0.29) is 12.4 Å². The van der Waals surface area contributed by atoms with Gasteiger partial charge in [0.2, 0.25) is 6.79 Å². The summed E-state index contributed by atoms with van der Waals surface area (Å²) >= 11 is 0. The molecule has 0 unspecified atom stereocenters. The highest BCUT2D eigenvalue weighted by Gasteiger charge is 2.19. The summed E-state index contributed by atoms with van der Waals surface area (Å²) in [5, 5.41) is 13.6. The zero-order valence-corrected chi connectivity index (χ0v) is 22.1. The van der Waals surface area contributed by atoms with Crippen LogP contribution in [0.15, 0.2) is 71.5 Å². The third kappa shape index (κ3) is 5.53. The van der Waals surface area contributed by atoms with Crippen LogP contribution < -0.4 is 15.0 Å². The Morgan fingerprint density at radius 3 is 2.64 bits per heavy atom. The molecule has 0 spiro atoms. The quantitative estimate of drug-likeness (QED) is 0.308. The largest absolute Gasteiger partial charge is 0.454 e. The van der Waals surface area contributed by atoms with Crippen LogP contribution in [-0.4, -0.2) is 36.9 Å². The number of fused-ring (bicyclic) bond motifs is 2. The summed E-state index contributed by atoms with van der Waals surface area (Å²) < 4.78 is 12.9. The smallest absolute Gasteiger partial charge is 0.252 e. The highest BCUT2D eigenvalue weighted by Crippen LogP contribution is 2.33. The minimum Gasteiger partial charge on any atom is -0.454 e. The molecule has 1 aliphatic rings. The molecule has 1 aliphatic heterocycles. The Hall–Kier alpha value is -4.50. The van der Waals surface area contributed by atoms with Gasteiger partial charge in [-0.25, -0.2) is 4.68 Å². The molecule has 0 atom stereocenters. The Bertz CT molecular complexity index is 1680. The van der Waals surface area contributed by atoms with Crippen molar-refractivity contribution in [1.82, 2.24) is 30.1 Å². The first kappa shape index (κ1) is 24.8. The molecule has 1 N–H and O–H groups in total. The van der Waals surface area contributed by atoms with Crippen LogP contribution in [0.25, 0.3) is 10.9 Å². The number of aromatic nitrogens is 5. The van der Waals surface area contributed by atoms with Crippen molar-refractivity contribution in [2.75, 3.05) is 6.79 Å². The maximum absolute atomic E-state index is 13.2. The number of aromatic amines is 1. The first-order chi connectivity index (χ1) is 19.0. The fourth-order valence-corrected chi connectivity index (χ4v) is 5.13. The van der Waals surface area contributed by atoms with E-state index in [1.54, 1.807) is 0 Å². The fraction of sp³-hybridized carbons (Fsp3) is 0.267. The number of tetrazole rings is 1. The predicted octanol–water partition coefficient (Wildman–Crippen LogP) is 4.31. The number of aryl methyl sites for hydroxylation is 4. The minimum absolute atomic E-state index is 0.0909. The second-order valence-electron chi connectivity index (χ2n) is 10.1. The topological polar surface area (TPSA) is 98.2 Å². The lowest BCUT2D eigenvalue weighted by Crippen LogP contribution is -2.28. The van der Waals surface area contributed by atoms with Crippen LogP contribution in [0.5, 0.6) is 11.5 Å². The monoisotopic (exact) mass is 522 g/mol. The van der Waals surface area contributed by atoms with Crippen molar-refractivity contribution in [3.8, 4) is 11.5 Å². The average Bonchev–Trinajstić information content (AvgIpc) is 3.57. The Kier molecular flexibility index (Phi) is 6.81. The number of pyridine rings is 1. The summed E-state index contributed by atoms with van der Waals surface area (Å²) in [5.41, 5.74) is 5.99. The van der Waals surface area contributed by atoms with Gasteiger partial charge in [0.1, 0.15) is 0 Å². The zero-order chi connectivity index (χ0) is 26.8. The van der Waals surface area contributed by atoms with Gasteiger partial charge in [0.15, 0.2) is 17.3 Å². The summed E-state index contributed by atoms with van der Waals surface area (Å²) in [6, 6.07) is 22.4. The summed E-state index contributed by atoms with van der Waals surface area (Å²) in [5.74, 6) is 2.22. The Balaban J connectivity index is 1.29. The van der Waals surface area contributed by atoms with E-state index < -0.39 is 0 Å². The van der Waals surface area contributed by atoms with Gasteiger partial charge in [-0.05, 0) is 77.2 Å². The average molecular weight is 523 g/mol. The van der Waals surface area contributed by atoms with Crippen LogP contribution in [0, 0.1) is 13.8 Å². The van der Waals surface area contributed by atoms with E-state index in [4.69, 9.17) is 9.47 Å². The second kappa shape index (κ2) is 10.7. The third-order valence-corrected chi connectivity index (χ3v) is 7.05.